The van der Waals surface area contributed by atoms with E-state index in [1.54, 1.807) is 57.2 Å². The molecule has 2 aromatic carbocycles. The number of aryl methyl sites for hydroxylation is 1. The van der Waals surface area contributed by atoms with Crippen LogP contribution < -0.4 is 21.1 Å². The first-order chi connectivity index (χ1) is 16.8. The highest BCUT2D eigenvalue weighted by atomic mass is 16.6. The van der Waals surface area contributed by atoms with Crippen LogP contribution in [-0.4, -0.2) is 54.5 Å². The zero-order chi connectivity index (χ0) is 27.0. The minimum atomic E-state index is -1.33. The second-order valence-corrected chi connectivity index (χ2v) is 9.30. The summed E-state index contributed by atoms with van der Waals surface area (Å²) in [6.45, 7) is 6.82. The Morgan fingerprint density at radius 1 is 1.03 bits per heavy atom. The summed E-state index contributed by atoms with van der Waals surface area (Å²) in [5, 5.41) is 5.22. The van der Waals surface area contributed by atoms with Gasteiger partial charge in [-0.25, -0.2) is 4.79 Å². The van der Waals surface area contributed by atoms with Gasteiger partial charge in [-0.2, -0.15) is 0 Å². The molecule has 0 radical (unpaired) electrons. The van der Waals surface area contributed by atoms with Gasteiger partial charge in [0.05, 0.1) is 13.5 Å². The molecule has 4 amide bonds. The number of rotatable bonds is 9. The molecule has 2 atom stereocenters. The van der Waals surface area contributed by atoms with Gasteiger partial charge >= 0.3 is 6.09 Å². The number of anilines is 1. The molecule has 10 heteroatoms. The van der Waals surface area contributed by atoms with Crippen LogP contribution in [0.15, 0.2) is 48.5 Å². The molecule has 2 rings (SSSR count). The van der Waals surface area contributed by atoms with Crippen molar-refractivity contribution in [3.05, 3.63) is 59.7 Å². The van der Waals surface area contributed by atoms with E-state index < -0.39 is 47.9 Å². The number of hydrogen-bond donors (Lipinski definition) is 3. The largest absolute Gasteiger partial charge is 0.497 e. The van der Waals surface area contributed by atoms with Crippen LogP contribution in [0.5, 0.6) is 5.75 Å². The number of nitrogens with zero attached hydrogens (tertiary/aromatic N) is 1. The van der Waals surface area contributed by atoms with E-state index in [0.29, 0.717) is 17.0 Å². The zero-order valence-corrected chi connectivity index (χ0v) is 21.5. The van der Waals surface area contributed by atoms with Crippen LogP contribution in [-0.2, 0) is 19.1 Å². The molecule has 36 heavy (non-hydrogen) atoms. The number of carbonyl (C=O) groups is 4. The SMILES string of the molecule is COc1ccc(NC(=O)C(c2ccccc2C)N(C)C(=O)C(CC(N)=O)NC(=O)OC(C)(C)C)cc1. The fourth-order valence-corrected chi connectivity index (χ4v) is 3.53. The summed E-state index contributed by atoms with van der Waals surface area (Å²) in [5.41, 5.74) is 6.37. The highest BCUT2D eigenvalue weighted by Gasteiger charge is 2.35. The van der Waals surface area contributed by atoms with Crippen molar-refractivity contribution in [1.29, 1.82) is 0 Å². The molecule has 194 valence electrons. The Bertz CT molecular complexity index is 1090. The Balaban J connectivity index is 2.38. The van der Waals surface area contributed by atoms with Crippen LogP contribution in [0.2, 0.25) is 0 Å². The van der Waals surface area contributed by atoms with Crippen molar-refractivity contribution in [2.75, 3.05) is 19.5 Å². The highest BCUT2D eigenvalue weighted by molar-refractivity contribution is 5.99. The Morgan fingerprint density at radius 3 is 2.17 bits per heavy atom. The van der Waals surface area contributed by atoms with Gasteiger partial charge in [-0.1, -0.05) is 24.3 Å². The molecule has 2 aromatic rings. The maximum atomic E-state index is 13.5. The zero-order valence-electron chi connectivity index (χ0n) is 21.5. The maximum Gasteiger partial charge on any atom is 0.408 e. The lowest BCUT2D eigenvalue weighted by molar-refractivity contribution is -0.140. The van der Waals surface area contributed by atoms with Gasteiger partial charge in [0.1, 0.15) is 23.4 Å². The molecule has 0 aliphatic carbocycles. The second-order valence-electron chi connectivity index (χ2n) is 9.30. The van der Waals surface area contributed by atoms with Crippen LogP contribution in [0, 0.1) is 6.92 Å². The first kappa shape index (κ1) is 28.2. The Hall–Kier alpha value is -4.08. The van der Waals surface area contributed by atoms with Gasteiger partial charge in [0.2, 0.25) is 11.8 Å². The number of carbonyl (C=O) groups excluding carboxylic acids is 4. The van der Waals surface area contributed by atoms with E-state index >= 15 is 0 Å². The predicted molar refractivity (Wildman–Crippen MR) is 135 cm³/mol. The summed E-state index contributed by atoms with van der Waals surface area (Å²) in [6, 6.07) is 11.5. The van der Waals surface area contributed by atoms with Gasteiger partial charge in [0, 0.05) is 12.7 Å². The predicted octanol–water partition coefficient (Wildman–Crippen LogP) is 2.91. The molecule has 0 fully saturated rings. The number of likely N-dealkylation sites (N-methyl/N-ethyl adjacent to an activating group) is 1. The molecule has 0 saturated carbocycles. The summed E-state index contributed by atoms with van der Waals surface area (Å²) >= 11 is 0. The maximum absolute atomic E-state index is 13.5. The summed E-state index contributed by atoms with van der Waals surface area (Å²) in [5.74, 6) is -1.34. The molecule has 0 bridgehead atoms. The molecule has 0 aliphatic heterocycles. The number of alkyl carbamates (subject to hydrolysis) is 1. The number of nitrogens with one attached hydrogen (secondary N) is 2. The van der Waals surface area contributed by atoms with Crippen LogP contribution in [0.3, 0.4) is 0 Å². The van der Waals surface area contributed by atoms with Crippen LogP contribution in [0.4, 0.5) is 10.5 Å². The Labute approximate surface area is 211 Å². The number of hydrogen-bond acceptors (Lipinski definition) is 6. The smallest absolute Gasteiger partial charge is 0.408 e. The third-order valence-corrected chi connectivity index (χ3v) is 5.22. The van der Waals surface area contributed by atoms with Crippen molar-refractivity contribution in [2.24, 2.45) is 5.73 Å². The number of nitrogens with two attached hydrogens (primary N) is 1. The monoisotopic (exact) mass is 498 g/mol. The lowest BCUT2D eigenvalue weighted by Gasteiger charge is -2.32. The summed E-state index contributed by atoms with van der Waals surface area (Å²) < 4.78 is 10.4. The van der Waals surface area contributed by atoms with Gasteiger partial charge in [-0.3, -0.25) is 14.4 Å². The van der Waals surface area contributed by atoms with Crippen molar-refractivity contribution in [3.8, 4) is 5.75 Å². The van der Waals surface area contributed by atoms with E-state index in [-0.39, 0.29) is 0 Å². The highest BCUT2D eigenvalue weighted by Crippen LogP contribution is 2.26. The summed E-state index contributed by atoms with van der Waals surface area (Å²) in [6.07, 6.45) is -1.35. The van der Waals surface area contributed by atoms with E-state index in [2.05, 4.69) is 10.6 Å². The Morgan fingerprint density at radius 2 is 1.64 bits per heavy atom. The third kappa shape index (κ3) is 8.00. The molecule has 0 aliphatic rings. The molecule has 2 unspecified atom stereocenters. The lowest BCUT2D eigenvalue weighted by atomic mass is 9.98. The lowest BCUT2D eigenvalue weighted by Crippen LogP contribution is -2.52. The number of ether oxygens (including phenoxy) is 2. The van der Waals surface area contributed by atoms with Crippen LogP contribution in [0.25, 0.3) is 0 Å². The fourth-order valence-electron chi connectivity index (χ4n) is 3.53. The van der Waals surface area contributed by atoms with Gasteiger partial charge in [-0.15, -0.1) is 0 Å². The van der Waals surface area contributed by atoms with E-state index in [9.17, 15) is 19.2 Å². The van der Waals surface area contributed by atoms with Gasteiger partial charge in [0.25, 0.3) is 5.91 Å². The molecule has 0 spiro atoms. The van der Waals surface area contributed by atoms with E-state index in [0.717, 1.165) is 5.56 Å². The Kier molecular flexibility index (Phi) is 9.43. The van der Waals surface area contributed by atoms with Gasteiger partial charge < -0.3 is 30.7 Å². The van der Waals surface area contributed by atoms with E-state index in [1.807, 2.05) is 19.1 Å². The molecular weight excluding hydrogens is 464 g/mol. The van der Waals surface area contributed by atoms with Crippen molar-refractivity contribution in [2.45, 2.75) is 51.8 Å². The van der Waals surface area contributed by atoms with Crippen LogP contribution >= 0.6 is 0 Å². The molecular formula is C26H34N4O6. The topological polar surface area (TPSA) is 140 Å². The number of amides is 4. The number of methoxy groups -OCH3 is 1. The normalized spacial score (nSPS) is 12.6. The minimum absolute atomic E-state index is 0.469. The molecule has 0 saturated heterocycles. The first-order valence-electron chi connectivity index (χ1n) is 11.4. The third-order valence-electron chi connectivity index (χ3n) is 5.22. The number of primary amides is 1. The average Bonchev–Trinajstić information content (AvgIpc) is 2.78. The molecule has 4 N–H and O–H groups in total. The van der Waals surface area contributed by atoms with E-state index in [4.69, 9.17) is 15.2 Å². The van der Waals surface area contributed by atoms with E-state index in [1.165, 1.54) is 19.1 Å². The van der Waals surface area contributed by atoms with Gasteiger partial charge in [-0.05, 0) is 63.1 Å². The first-order valence-corrected chi connectivity index (χ1v) is 11.4. The quantitative estimate of drug-likeness (QED) is 0.486. The summed E-state index contributed by atoms with van der Waals surface area (Å²) in [4.78, 5) is 52.2. The fraction of sp³-hybridized carbons (Fsp3) is 0.385. The van der Waals surface area contributed by atoms with Crippen molar-refractivity contribution in [1.82, 2.24) is 10.2 Å². The van der Waals surface area contributed by atoms with Crippen molar-refractivity contribution in [3.63, 3.8) is 0 Å². The number of benzene rings is 2. The van der Waals surface area contributed by atoms with Crippen molar-refractivity contribution >= 4 is 29.5 Å². The average molecular weight is 499 g/mol. The second kappa shape index (κ2) is 12.1. The minimum Gasteiger partial charge on any atom is -0.497 e. The van der Waals surface area contributed by atoms with Crippen LogP contribution in [0.1, 0.15) is 44.4 Å². The molecule has 0 aromatic heterocycles. The van der Waals surface area contributed by atoms with Crippen molar-refractivity contribution < 1.29 is 28.7 Å². The molecule has 0 heterocycles. The summed E-state index contributed by atoms with van der Waals surface area (Å²) in [7, 11) is 2.97. The molecule has 10 nitrogen and oxygen atoms in total. The standard InChI is InChI=1S/C26H34N4O6/c1-16-9-7-8-10-19(16)22(23(32)28-17-11-13-18(35-6)14-12-17)30(5)24(33)20(15-21(27)31)29-25(34)36-26(2,3)4/h7-14,20,22H,15H2,1-6H3,(H2,27,31)(H,28,32)(H,29,34). The van der Waals surface area contributed by atoms with Gasteiger partial charge in [0.15, 0.2) is 0 Å².